The lowest BCUT2D eigenvalue weighted by Gasteiger charge is -2.15. The third-order valence-electron chi connectivity index (χ3n) is 2.27. The molecule has 5 heteroatoms. The first kappa shape index (κ1) is 13.6. The molecule has 0 saturated heterocycles. The standard InChI is InChI=1S/C12H15F2NO2/c1-7(6-8(2)16)15-12(17)9-4-3-5-10(13)11(9)14/h3-5,7-8,16H,6H2,1-2H3,(H,15,17). The summed E-state index contributed by atoms with van der Waals surface area (Å²) in [6, 6.07) is 3.12. The Labute approximate surface area is 98.5 Å². The Bertz CT molecular complexity index is 407. The number of amides is 1. The molecule has 2 atom stereocenters. The number of halogens is 2. The van der Waals surface area contributed by atoms with Gasteiger partial charge in [0.05, 0.1) is 11.7 Å². The highest BCUT2D eigenvalue weighted by Gasteiger charge is 2.17. The lowest BCUT2D eigenvalue weighted by atomic mass is 10.1. The number of aliphatic hydroxyl groups excluding tert-OH is 1. The molecule has 0 radical (unpaired) electrons. The maximum Gasteiger partial charge on any atom is 0.254 e. The van der Waals surface area contributed by atoms with E-state index in [2.05, 4.69) is 5.32 Å². The lowest BCUT2D eigenvalue weighted by Crippen LogP contribution is -2.35. The highest BCUT2D eigenvalue weighted by molar-refractivity contribution is 5.94. The minimum absolute atomic E-state index is 0.315. The number of hydrogen-bond acceptors (Lipinski definition) is 2. The predicted octanol–water partition coefficient (Wildman–Crippen LogP) is 1.85. The van der Waals surface area contributed by atoms with Crippen molar-refractivity contribution in [1.29, 1.82) is 0 Å². The van der Waals surface area contributed by atoms with Crippen molar-refractivity contribution in [2.45, 2.75) is 32.4 Å². The first-order chi connectivity index (χ1) is 7.91. The van der Waals surface area contributed by atoms with Crippen molar-refractivity contribution in [1.82, 2.24) is 5.32 Å². The molecule has 0 fully saturated rings. The lowest BCUT2D eigenvalue weighted by molar-refractivity contribution is 0.0918. The van der Waals surface area contributed by atoms with Gasteiger partial charge in [0.1, 0.15) is 0 Å². The smallest absolute Gasteiger partial charge is 0.254 e. The fourth-order valence-corrected chi connectivity index (χ4v) is 1.55. The summed E-state index contributed by atoms with van der Waals surface area (Å²) in [5.74, 6) is -2.90. The quantitative estimate of drug-likeness (QED) is 0.848. The largest absolute Gasteiger partial charge is 0.393 e. The van der Waals surface area contributed by atoms with Crippen LogP contribution in [0.2, 0.25) is 0 Å². The molecule has 0 aliphatic heterocycles. The van der Waals surface area contributed by atoms with Crippen LogP contribution in [0.5, 0.6) is 0 Å². The highest BCUT2D eigenvalue weighted by atomic mass is 19.2. The minimum atomic E-state index is -1.16. The Hall–Kier alpha value is -1.49. The Balaban J connectivity index is 2.73. The molecule has 94 valence electrons. The average molecular weight is 243 g/mol. The summed E-state index contributed by atoms with van der Waals surface area (Å²) in [6.45, 7) is 3.27. The molecule has 2 unspecified atom stereocenters. The molecule has 0 aromatic heterocycles. The normalized spacial score (nSPS) is 14.2. The highest BCUT2D eigenvalue weighted by Crippen LogP contribution is 2.11. The van der Waals surface area contributed by atoms with Gasteiger partial charge in [0.2, 0.25) is 0 Å². The van der Waals surface area contributed by atoms with Gasteiger partial charge in [-0.2, -0.15) is 0 Å². The Kier molecular flexibility index (Phi) is 4.57. The second kappa shape index (κ2) is 5.72. The van der Waals surface area contributed by atoms with Gasteiger partial charge in [-0.15, -0.1) is 0 Å². The second-order valence-electron chi connectivity index (χ2n) is 4.06. The Morgan fingerprint density at radius 3 is 2.65 bits per heavy atom. The fraction of sp³-hybridized carbons (Fsp3) is 0.417. The van der Waals surface area contributed by atoms with E-state index in [9.17, 15) is 13.6 Å². The molecule has 1 aromatic carbocycles. The molecule has 3 nitrogen and oxygen atoms in total. The van der Waals surface area contributed by atoms with Gasteiger partial charge >= 0.3 is 0 Å². The molecule has 0 aliphatic carbocycles. The zero-order valence-corrected chi connectivity index (χ0v) is 9.71. The fourth-order valence-electron chi connectivity index (χ4n) is 1.55. The van der Waals surface area contributed by atoms with Gasteiger partial charge < -0.3 is 10.4 Å². The van der Waals surface area contributed by atoms with E-state index in [-0.39, 0.29) is 11.6 Å². The van der Waals surface area contributed by atoms with Crippen LogP contribution < -0.4 is 5.32 Å². The van der Waals surface area contributed by atoms with Crippen molar-refractivity contribution in [3.05, 3.63) is 35.4 Å². The Morgan fingerprint density at radius 2 is 2.06 bits per heavy atom. The summed E-state index contributed by atoms with van der Waals surface area (Å²) >= 11 is 0. The van der Waals surface area contributed by atoms with E-state index in [0.29, 0.717) is 6.42 Å². The number of aliphatic hydroxyl groups is 1. The van der Waals surface area contributed by atoms with E-state index in [1.807, 2.05) is 0 Å². The van der Waals surface area contributed by atoms with Gasteiger partial charge in [0.25, 0.3) is 5.91 Å². The third kappa shape index (κ3) is 3.78. The molecule has 0 aliphatic rings. The van der Waals surface area contributed by atoms with Crippen LogP contribution in [0.4, 0.5) is 8.78 Å². The summed E-state index contributed by atoms with van der Waals surface area (Å²) in [5, 5.41) is 11.6. The van der Waals surface area contributed by atoms with Crippen LogP contribution in [0.3, 0.4) is 0 Å². The van der Waals surface area contributed by atoms with E-state index in [1.54, 1.807) is 13.8 Å². The topological polar surface area (TPSA) is 49.3 Å². The predicted molar refractivity (Wildman–Crippen MR) is 59.6 cm³/mol. The zero-order chi connectivity index (χ0) is 13.0. The third-order valence-corrected chi connectivity index (χ3v) is 2.27. The second-order valence-corrected chi connectivity index (χ2v) is 4.06. The minimum Gasteiger partial charge on any atom is -0.393 e. The van der Waals surface area contributed by atoms with Crippen LogP contribution in [-0.2, 0) is 0 Å². The first-order valence-corrected chi connectivity index (χ1v) is 5.34. The van der Waals surface area contributed by atoms with Crippen LogP contribution >= 0.6 is 0 Å². The van der Waals surface area contributed by atoms with Crippen LogP contribution in [0.1, 0.15) is 30.6 Å². The number of hydrogen-bond donors (Lipinski definition) is 2. The van der Waals surface area contributed by atoms with Gasteiger partial charge in [-0.05, 0) is 32.4 Å². The molecular formula is C12H15F2NO2. The summed E-state index contributed by atoms with van der Waals surface area (Å²) in [4.78, 5) is 11.6. The van der Waals surface area contributed by atoms with Crippen LogP contribution in [-0.4, -0.2) is 23.2 Å². The Morgan fingerprint density at radius 1 is 1.41 bits per heavy atom. The molecule has 0 bridgehead atoms. The van der Waals surface area contributed by atoms with E-state index < -0.39 is 23.6 Å². The van der Waals surface area contributed by atoms with Crippen molar-refractivity contribution in [3.8, 4) is 0 Å². The van der Waals surface area contributed by atoms with Crippen LogP contribution in [0.15, 0.2) is 18.2 Å². The van der Waals surface area contributed by atoms with Gasteiger partial charge in [0.15, 0.2) is 11.6 Å². The first-order valence-electron chi connectivity index (χ1n) is 5.34. The van der Waals surface area contributed by atoms with E-state index in [1.165, 1.54) is 12.1 Å². The molecule has 0 spiro atoms. The van der Waals surface area contributed by atoms with Crippen molar-refractivity contribution in [2.24, 2.45) is 0 Å². The van der Waals surface area contributed by atoms with Gasteiger partial charge in [0, 0.05) is 6.04 Å². The molecule has 2 N–H and O–H groups in total. The molecule has 17 heavy (non-hydrogen) atoms. The summed E-state index contributed by atoms with van der Waals surface area (Å²) in [6.07, 6.45) is -0.217. The molecule has 0 heterocycles. The van der Waals surface area contributed by atoms with Crippen molar-refractivity contribution >= 4 is 5.91 Å². The van der Waals surface area contributed by atoms with Crippen molar-refractivity contribution < 1.29 is 18.7 Å². The van der Waals surface area contributed by atoms with Gasteiger partial charge in [-0.3, -0.25) is 4.79 Å². The molecular weight excluding hydrogens is 228 g/mol. The number of carbonyl (C=O) groups excluding carboxylic acids is 1. The number of nitrogens with one attached hydrogen (secondary N) is 1. The van der Waals surface area contributed by atoms with Crippen LogP contribution in [0, 0.1) is 11.6 Å². The van der Waals surface area contributed by atoms with E-state index in [4.69, 9.17) is 5.11 Å². The van der Waals surface area contributed by atoms with E-state index >= 15 is 0 Å². The van der Waals surface area contributed by atoms with Crippen LogP contribution in [0.25, 0.3) is 0 Å². The van der Waals surface area contributed by atoms with Gasteiger partial charge in [-0.25, -0.2) is 8.78 Å². The molecule has 1 amide bonds. The number of benzene rings is 1. The molecule has 1 aromatic rings. The summed E-state index contributed by atoms with van der Waals surface area (Å²) in [5.41, 5.74) is -0.331. The monoisotopic (exact) mass is 243 g/mol. The molecule has 1 rings (SSSR count). The van der Waals surface area contributed by atoms with Crippen molar-refractivity contribution in [2.75, 3.05) is 0 Å². The SMILES string of the molecule is CC(O)CC(C)NC(=O)c1cccc(F)c1F. The maximum absolute atomic E-state index is 13.3. The maximum atomic E-state index is 13.3. The number of rotatable bonds is 4. The zero-order valence-electron chi connectivity index (χ0n) is 9.71. The summed E-state index contributed by atoms with van der Waals surface area (Å²) < 4.78 is 26.2. The van der Waals surface area contributed by atoms with Crippen molar-refractivity contribution in [3.63, 3.8) is 0 Å². The average Bonchev–Trinajstić information content (AvgIpc) is 2.20. The molecule has 0 saturated carbocycles. The summed E-state index contributed by atoms with van der Waals surface area (Å²) in [7, 11) is 0. The van der Waals surface area contributed by atoms with Gasteiger partial charge in [-0.1, -0.05) is 6.07 Å². The number of carbonyl (C=O) groups is 1. The van der Waals surface area contributed by atoms with E-state index in [0.717, 1.165) is 6.07 Å².